The second-order valence-electron chi connectivity index (χ2n) is 8.67. The molecular formula is C21H42N8O5S. The lowest BCUT2D eigenvalue weighted by atomic mass is 10.0. The maximum Gasteiger partial charge on any atom is 0.326 e. The van der Waals surface area contributed by atoms with Crippen LogP contribution in [0.3, 0.4) is 0 Å². The van der Waals surface area contributed by atoms with E-state index in [1.165, 1.54) is 0 Å². The lowest BCUT2D eigenvalue weighted by Gasteiger charge is -2.26. The lowest BCUT2D eigenvalue weighted by Crippen LogP contribution is -2.57. The van der Waals surface area contributed by atoms with E-state index in [2.05, 4.69) is 33.6 Å². The number of aliphatic carboxylic acids is 1. The highest BCUT2D eigenvalue weighted by molar-refractivity contribution is 7.80. The number of nitrogens with two attached hydrogens (primary N) is 4. The van der Waals surface area contributed by atoms with Crippen molar-refractivity contribution >= 4 is 42.3 Å². The van der Waals surface area contributed by atoms with Crippen molar-refractivity contribution in [2.45, 2.75) is 76.5 Å². The van der Waals surface area contributed by atoms with Crippen LogP contribution in [-0.2, 0) is 19.2 Å². The van der Waals surface area contributed by atoms with Gasteiger partial charge in [-0.2, -0.15) is 12.6 Å². The molecule has 0 spiro atoms. The minimum absolute atomic E-state index is 0.0130. The van der Waals surface area contributed by atoms with E-state index in [4.69, 9.17) is 22.9 Å². The van der Waals surface area contributed by atoms with Crippen LogP contribution in [0.25, 0.3) is 0 Å². The predicted octanol–water partition coefficient (Wildman–Crippen LogP) is -1.99. The first-order chi connectivity index (χ1) is 16.4. The van der Waals surface area contributed by atoms with Crippen LogP contribution in [0.2, 0.25) is 0 Å². The third-order valence-electron chi connectivity index (χ3n) is 5.01. The summed E-state index contributed by atoms with van der Waals surface area (Å²) in [6.07, 6.45) is 2.19. The number of carboxylic acids is 1. The Balaban J connectivity index is 5.49. The van der Waals surface area contributed by atoms with E-state index in [1.807, 2.05) is 13.8 Å². The number of rotatable bonds is 18. The quantitative estimate of drug-likeness (QED) is 0.0421. The topological polar surface area (TPSA) is 241 Å². The molecule has 0 heterocycles. The standard InChI is InChI=1S/C21H42N8O5S/c1-12(2)10-16(19(32)28-15(20(33)34)6-3-4-8-22)29-18(31)14(7-5-9-26-21(24)25)27-17(30)13(23)11-35/h12-16,35H,3-11,22-23H2,1-2H3,(H,27,30)(H,28,32)(H,29,31)(H,33,34)(H4,24,25,26). The molecule has 0 aliphatic rings. The molecule has 0 bridgehead atoms. The summed E-state index contributed by atoms with van der Waals surface area (Å²) in [6, 6.07) is -4.05. The number of hydrogen-bond acceptors (Lipinski definition) is 8. The van der Waals surface area contributed by atoms with E-state index in [1.54, 1.807) is 0 Å². The molecule has 0 aromatic carbocycles. The zero-order valence-electron chi connectivity index (χ0n) is 20.5. The van der Waals surface area contributed by atoms with Gasteiger partial charge in [-0.15, -0.1) is 0 Å². The Morgan fingerprint density at radius 1 is 0.886 bits per heavy atom. The molecule has 3 amide bonds. The van der Waals surface area contributed by atoms with Gasteiger partial charge in [-0.25, -0.2) is 4.79 Å². The Morgan fingerprint density at radius 2 is 1.43 bits per heavy atom. The predicted molar refractivity (Wildman–Crippen MR) is 138 cm³/mol. The van der Waals surface area contributed by atoms with Crippen molar-refractivity contribution in [3.05, 3.63) is 0 Å². The van der Waals surface area contributed by atoms with Gasteiger partial charge in [0.1, 0.15) is 18.1 Å². The van der Waals surface area contributed by atoms with E-state index in [-0.39, 0.29) is 43.4 Å². The highest BCUT2D eigenvalue weighted by Crippen LogP contribution is 2.09. The Labute approximate surface area is 212 Å². The van der Waals surface area contributed by atoms with Crippen LogP contribution < -0.4 is 38.9 Å². The average molecular weight is 519 g/mol. The molecule has 0 aromatic rings. The molecule has 0 aliphatic heterocycles. The summed E-state index contributed by atoms with van der Waals surface area (Å²) < 4.78 is 0. The number of guanidine groups is 1. The fraction of sp³-hybridized carbons (Fsp3) is 0.762. The van der Waals surface area contributed by atoms with Gasteiger partial charge in [0.15, 0.2) is 5.96 Å². The van der Waals surface area contributed by atoms with Crippen molar-refractivity contribution in [2.75, 3.05) is 18.8 Å². The van der Waals surface area contributed by atoms with Crippen LogP contribution in [0.1, 0.15) is 52.4 Å². The third kappa shape index (κ3) is 14.4. The normalized spacial score (nSPS) is 14.3. The number of amides is 3. The largest absolute Gasteiger partial charge is 0.480 e. The van der Waals surface area contributed by atoms with E-state index in [0.717, 1.165) is 0 Å². The first-order valence-electron chi connectivity index (χ1n) is 11.7. The van der Waals surface area contributed by atoms with Gasteiger partial charge in [0.05, 0.1) is 6.04 Å². The number of nitrogens with one attached hydrogen (secondary N) is 3. The van der Waals surface area contributed by atoms with Crippen molar-refractivity contribution in [3.8, 4) is 0 Å². The summed E-state index contributed by atoms with van der Waals surface area (Å²) in [5.41, 5.74) is 21.8. The zero-order valence-corrected chi connectivity index (χ0v) is 21.4. The number of carbonyl (C=O) groups excluding carboxylic acids is 3. The monoisotopic (exact) mass is 518 g/mol. The fourth-order valence-electron chi connectivity index (χ4n) is 3.13. The van der Waals surface area contributed by atoms with Gasteiger partial charge in [-0.3, -0.25) is 19.4 Å². The van der Waals surface area contributed by atoms with Gasteiger partial charge in [-0.1, -0.05) is 13.8 Å². The van der Waals surface area contributed by atoms with Gasteiger partial charge in [0, 0.05) is 12.3 Å². The van der Waals surface area contributed by atoms with Crippen molar-refractivity contribution < 1.29 is 24.3 Å². The molecule has 0 rings (SSSR count). The molecule has 14 heteroatoms. The number of hydrogen-bond donors (Lipinski definition) is 9. The molecular weight excluding hydrogens is 476 g/mol. The smallest absolute Gasteiger partial charge is 0.326 e. The summed E-state index contributed by atoms with van der Waals surface area (Å²) >= 11 is 4.00. The Morgan fingerprint density at radius 3 is 1.94 bits per heavy atom. The zero-order chi connectivity index (χ0) is 27.0. The van der Waals surface area contributed by atoms with E-state index < -0.39 is 47.9 Å². The Kier molecular flexibility index (Phi) is 16.5. The summed E-state index contributed by atoms with van der Waals surface area (Å²) in [4.78, 5) is 53.7. The van der Waals surface area contributed by atoms with Crippen molar-refractivity contribution in [1.29, 1.82) is 0 Å². The van der Waals surface area contributed by atoms with Crippen LogP contribution >= 0.6 is 12.6 Å². The number of carboxylic acid groups (broad SMARTS) is 1. The van der Waals surface area contributed by atoms with Gasteiger partial charge >= 0.3 is 5.97 Å². The molecule has 0 saturated heterocycles. The second-order valence-corrected chi connectivity index (χ2v) is 9.04. The Hall–Kier alpha value is -2.58. The van der Waals surface area contributed by atoms with Gasteiger partial charge in [0.2, 0.25) is 17.7 Å². The summed E-state index contributed by atoms with van der Waals surface area (Å²) in [7, 11) is 0. The highest BCUT2D eigenvalue weighted by atomic mass is 32.1. The van der Waals surface area contributed by atoms with Gasteiger partial charge < -0.3 is 44.0 Å². The maximum atomic E-state index is 13.1. The molecule has 0 fully saturated rings. The third-order valence-corrected chi connectivity index (χ3v) is 5.41. The molecule has 0 radical (unpaired) electrons. The fourth-order valence-corrected chi connectivity index (χ4v) is 3.30. The van der Waals surface area contributed by atoms with E-state index in [0.29, 0.717) is 25.8 Å². The molecule has 0 aliphatic carbocycles. The SMILES string of the molecule is CC(C)CC(NC(=O)C(CCCN=C(N)N)NC(=O)C(N)CS)C(=O)NC(CCCCN)C(=O)O. The Bertz CT molecular complexity index is 718. The summed E-state index contributed by atoms with van der Waals surface area (Å²) in [5, 5.41) is 17.2. The molecule has 12 N–H and O–H groups in total. The van der Waals surface area contributed by atoms with Gasteiger partial charge in [0.25, 0.3) is 0 Å². The van der Waals surface area contributed by atoms with Crippen LogP contribution in [0.15, 0.2) is 4.99 Å². The van der Waals surface area contributed by atoms with E-state index in [9.17, 15) is 24.3 Å². The summed E-state index contributed by atoms with van der Waals surface area (Å²) in [5.74, 6) is -2.98. The van der Waals surface area contributed by atoms with Crippen LogP contribution in [0.4, 0.5) is 0 Å². The lowest BCUT2D eigenvalue weighted by molar-refractivity contribution is -0.142. The van der Waals surface area contributed by atoms with Crippen LogP contribution in [0, 0.1) is 5.92 Å². The van der Waals surface area contributed by atoms with Crippen LogP contribution in [0.5, 0.6) is 0 Å². The molecule has 13 nitrogen and oxygen atoms in total. The van der Waals surface area contributed by atoms with Crippen molar-refractivity contribution in [1.82, 2.24) is 16.0 Å². The number of nitrogens with zero attached hydrogens (tertiary/aromatic N) is 1. The average Bonchev–Trinajstić information content (AvgIpc) is 2.78. The minimum Gasteiger partial charge on any atom is -0.480 e. The summed E-state index contributed by atoms with van der Waals surface area (Å²) in [6.45, 7) is 4.38. The van der Waals surface area contributed by atoms with E-state index >= 15 is 0 Å². The highest BCUT2D eigenvalue weighted by Gasteiger charge is 2.30. The number of carbonyl (C=O) groups is 4. The maximum absolute atomic E-state index is 13.1. The van der Waals surface area contributed by atoms with Crippen molar-refractivity contribution in [2.24, 2.45) is 33.8 Å². The molecule has 4 atom stereocenters. The first-order valence-corrected chi connectivity index (χ1v) is 12.3. The number of thiol groups is 1. The molecule has 0 saturated carbocycles. The molecule has 4 unspecified atom stereocenters. The molecule has 202 valence electrons. The second kappa shape index (κ2) is 17.8. The van der Waals surface area contributed by atoms with Crippen LogP contribution in [-0.4, -0.2) is 77.8 Å². The molecule has 0 aromatic heterocycles. The molecule has 35 heavy (non-hydrogen) atoms. The van der Waals surface area contributed by atoms with Gasteiger partial charge in [-0.05, 0) is 51.0 Å². The number of unbranched alkanes of at least 4 members (excludes halogenated alkanes) is 1. The minimum atomic E-state index is -1.17. The number of aliphatic imine (C=N–C) groups is 1. The van der Waals surface area contributed by atoms with Crippen molar-refractivity contribution in [3.63, 3.8) is 0 Å². The first kappa shape index (κ1) is 32.4.